The average Bonchev–Trinajstić information content (AvgIpc) is 2.33. The summed E-state index contributed by atoms with van der Waals surface area (Å²) in [6, 6.07) is 6.63. The number of hydrogen-bond donors (Lipinski definition) is 1. The number of phenolic OH excluding ortho intramolecular Hbond substituents is 1. The molecular formula is C12H8Cl2N2O. The van der Waals surface area contributed by atoms with Crippen LogP contribution in [0.2, 0.25) is 10.0 Å². The molecule has 1 aromatic carbocycles. The first-order valence-corrected chi connectivity index (χ1v) is 5.54. The second-order valence-electron chi connectivity index (χ2n) is 3.29. The third-order valence-electron chi connectivity index (χ3n) is 2.06. The molecule has 0 fully saturated rings. The van der Waals surface area contributed by atoms with Crippen molar-refractivity contribution in [3.63, 3.8) is 0 Å². The number of benzene rings is 1. The predicted octanol–water partition coefficient (Wildman–Crippen LogP) is 3.84. The minimum absolute atomic E-state index is 0.0382. The lowest BCUT2D eigenvalue weighted by atomic mass is 10.2. The Morgan fingerprint density at radius 1 is 1.29 bits per heavy atom. The van der Waals surface area contributed by atoms with Crippen molar-refractivity contribution in [2.45, 2.75) is 0 Å². The molecule has 1 heterocycles. The van der Waals surface area contributed by atoms with Crippen LogP contribution in [0.3, 0.4) is 0 Å². The van der Waals surface area contributed by atoms with E-state index in [-0.39, 0.29) is 10.8 Å². The van der Waals surface area contributed by atoms with E-state index in [1.807, 2.05) is 0 Å². The molecule has 0 bridgehead atoms. The predicted molar refractivity (Wildman–Crippen MR) is 69.6 cm³/mol. The summed E-state index contributed by atoms with van der Waals surface area (Å²) in [4.78, 5) is 8.08. The largest absolute Gasteiger partial charge is 0.506 e. The highest BCUT2D eigenvalue weighted by Gasteiger charge is 2.05. The van der Waals surface area contributed by atoms with Crippen molar-refractivity contribution in [2.24, 2.45) is 4.99 Å². The second-order valence-corrected chi connectivity index (χ2v) is 4.14. The first-order valence-electron chi connectivity index (χ1n) is 4.79. The van der Waals surface area contributed by atoms with Gasteiger partial charge >= 0.3 is 0 Å². The van der Waals surface area contributed by atoms with Crippen molar-refractivity contribution in [3.05, 3.63) is 52.3 Å². The number of aromatic nitrogens is 1. The standard InChI is InChI=1S/C12H8Cl2N2O/c13-9-4-8(12(17)11(14)5-9)6-16-10-2-1-3-15-7-10/h1-7,17H. The summed E-state index contributed by atoms with van der Waals surface area (Å²) in [6.45, 7) is 0. The fraction of sp³-hybridized carbons (Fsp3) is 0. The second kappa shape index (κ2) is 5.17. The van der Waals surface area contributed by atoms with Gasteiger partial charge in [-0.3, -0.25) is 9.98 Å². The summed E-state index contributed by atoms with van der Waals surface area (Å²) < 4.78 is 0. The van der Waals surface area contributed by atoms with Crippen molar-refractivity contribution in [1.29, 1.82) is 0 Å². The Morgan fingerprint density at radius 2 is 2.12 bits per heavy atom. The number of phenols is 1. The molecule has 86 valence electrons. The third kappa shape index (κ3) is 2.96. The smallest absolute Gasteiger partial charge is 0.143 e. The van der Waals surface area contributed by atoms with Crippen LogP contribution in [0.5, 0.6) is 5.75 Å². The number of hydrogen-bond acceptors (Lipinski definition) is 3. The van der Waals surface area contributed by atoms with E-state index in [1.54, 1.807) is 30.6 Å². The van der Waals surface area contributed by atoms with E-state index in [4.69, 9.17) is 23.2 Å². The molecule has 2 rings (SSSR count). The van der Waals surface area contributed by atoms with Gasteiger partial charge in [-0.2, -0.15) is 0 Å². The maximum atomic E-state index is 9.70. The fourth-order valence-electron chi connectivity index (χ4n) is 1.26. The summed E-state index contributed by atoms with van der Waals surface area (Å²) >= 11 is 11.6. The van der Waals surface area contributed by atoms with E-state index in [0.717, 1.165) is 0 Å². The SMILES string of the molecule is Oc1c(Cl)cc(Cl)cc1C=Nc1cccnc1. The molecule has 0 radical (unpaired) electrons. The molecule has 0 amide bonds. The number of aromatic hydroxyl groups is 1. The van der Waals surface area contributed by atoms with E-state index in [2.05, 4.69) is 9.98 Å². The van der Waals surface area contributed by atoms with Crippen LogP contribution in [0.15, 0.2) is 41.7 Å². The van der Waals surface area contributed by atoms with Gasteiger partial charge in [0, 0.05) is 23.0 Å². The molecule has 1 N–H and O–H groups in total. The van der Waals surface area contributed by atoms with Crippen molar-refractivity contribution in [3.8, 4) is 5.75 Å². The van der Waals surface area contributed by atoms with Gasteiger partial charge in [-0.1, -0.05) is 23.2 Å². The number of nitrogens with zero attached hydrogens (tertiary/aromatic N) is 2. The lowest BCUT2D eigenvalue weighted by Gasteiger charge is -2.02. The van der Waals surface area contributed by atoms with Gasteiger partial charge in [-0.05, 0) is 24.3 Å². The van der Waals surface area contributed by atoms with E-state index in [1.165, 1.54) is 12.3 Å². The van der Waals surface area contributed by atoms with Crippen molar-refractivity contribution >= 4 is 35.1 Å². The Balaban J connectivity index is 2.33. The molecule has 1 aromatic heterocycles. The Kier molecular flexibility index (Phi) is 3.61. The monoisotopic (exact) mass is 266 g/mol. The quantitative estimate of drug-likeness (QED) is 0.840. The van der Waals surface area contributed by atoms with Crippen LogP contribution in [0.1, 0.15) is 5.56 Å². The maximum Gasteiger partial charge on any atom is 0.143 e. The minimum Gasteiger partial charge on any atom is -0.506 e. The molecular weight excluding hydrogens is 259 g/mol. The number of rotatable bonds is 2. The molecule has 0 spiro atoms. The summed E-state index contributed by atoms with van der Waals surface area (Å²) in [6.07, 6.45) is 4.76. The topological polar surface area (TPSA) is 45.5 Å². The van der Waals surface area contributed by atoms with Crippen LogP contribution < -0.4 is 0 Å². The van der Waals surface area contributed by atoms with Gasteiger partial charge in [0.25, 0.3) is 0 Å². The van der Waals surface area contributed by atoms with E-state index < -0.39 is 0 Å². The van der Waals surface area contributed by atoms with Gasteiger partial charge in [0.1, 0.15) is 5.75 Å². The minimum atomic E-state index is -0.0382. The zero-order valence-corrected chi connectivity index (χ0v) is 10.2. The third-order valence-corrected chi connectivity index (χ3v) is 2.56. The van der Waals surface area contributed by atoms with Crippen LogP contribution in [-0.2, 0) is 0 Å². The fourth-order valence-corrected chi connectivity index (χ4v) is 1.77. The van der Waals surface area contributed by atoms with Crippen LogP contribution in [0.25, 0.3) is 0 Å². The first-order chi connectivity index (χ1) is 8.16. The lowest BCUT2D eigenvalue weighted by molar-refractivity contribution is 0.475. The summed E-state index contributed by atoms with van der Waals surface area (Å²) in [5.41, 5.74) is 1.15. The molecule has 0 saturated heterocycles. The Hall–Kier alpha value is -1.58. The Bertz CT molecular complexity index is 556. The van der Waals surface area contributed by atoms with Gasteiger partial charge in [0.2, 0.25) is 0 Å². The van der Waals surface area contributed by atoms with Gasteiger partial charge in [-0.15, -0.1) is 0 Å². The molecule has 3 nitrogen and oxygen atoms in total. The van der Waals surface area contributed by atoms with Gasteiger partial charge in [0.15, 0.2) is 0 Å². The van der Waals surface area contributed by atoms with Crippen molar-refractivity contribution in [2.75, 3.05) is 0 Å². The van der Waals surface area contributed by atoms with E-state index in [0.29, 0.717) is 16.3 Å². The molecule has 17 heavy (non-hydrogen) atoms. The average molecular weight is 267 g/mol. The number of aliphatic imine (C=N–C) groups is 1. The molecule has 0 aliphatic rings. The molecule has 0 aliphatic heterocycles. The highest BCUT2D eigenvalue weighted by Crippen LogP contribution is 2.30. The highest BCUT2D eigenvalue weighted by atomic mass is 35.5. The van der Waals surface area contributed by atoms with Crippen molar-refractivity contribution in [1.82, 2.24) is 4.98 Å². The summed E-state index contributed by atoms with van der Waals surface area (Å²) in [7, 11) is 0. The maximum absolute atomic E-state index is 9.70. The molecule has 0 saturated carbocycles. The summed E-state index contributed by atoms with van der Waals surface area (Å²) in [5.74, 6) is -0.0382. The van der Waals surface area contributed by atoms with Gasteiger partial charge < -0.3 is 5.11 Å². The van der Waals surface area contributed by atoms with Crippen LogP contribution in [0.4, 0.5) is 5.69 Å². The van der Waals surface area contributed by atoms with Gasteiger partial charge in [0.05, 0.1) is 16.9 Å². The van der Waals surface area contributed by atoms with Crippen molar-refractivity contribution < 1.29 is 5.11 Å². The van der Waals surface area contributed by atoms with Crippen LogP contribution in [0, 0.1) is 0 Å². The van der Waals surface area contributed by atoms with Crippen LogP contribution >= 0.6 is 23.2 Å². The number of pyridine rings is 1. The zero-order chi connectivity index (χ0) is 12.3. The van der Waals surface area contributed by atoms with Crippen LogP contribution in [-0.4, -0.2) is 16.3 Å². The highest BCUT2D eigenvalue weighted by molar-refractivity contribution is 6.36. The first kappa shape index (κ1) is 11.9. The summed E-state index contributed by atoms with van der Waals surface area (Å²) in [5, 5.41) is 10.3. The lowest BCUT2D eigenvalue weighted by Crippen LogP contribution is -1.84. The zero-order valence-electron chi connectivity index (χ0n) is 8.64. The molecule has 0 unspecified atom stereocenters. The molecule has 5 heteroatoms. The van der Waals surface area contributed by atoms with E-state index in [9.17, 15) is 5.11 Å². The molecule has 0 atom stereocenters. The molecule has 0 aliphatic carbocycles. The van der Waals surface area contributed by atoms with Gasteiger partial charge in [-0.25, -0.2) is 0 Å². The number of halogens is 2. The Morgan fingerprint density at radius 3 is 2.82 bits per heavy atom. The van der Waals surface area contributed by atoms with E-state index >= 15 is 0 Å². The Labute approximate surface area is 108 Å². The normalized spacial score (nSPS) is 10.9. The molecule has 2 aromatic rings.